The molecule has 1 aliphatic carbocycles. The molecule has 70 heavy (non-hydrogen) atoms. The summed E-state index contributed by atoms with van der Waals surface area (Å²) in [7, 11) is 3.14. The average molecular weight is 955 g/mol. The second kappa shape index (κ2) is 20.1. The molecule has 3 aliphatic rings. The van der Waals surface area contributed by atoms with Crippen LogP contribution in [0.25, 0.3) is 10.9 Å². The fourth-order valence-corrected chi connectivity index (χ4v) is 8.30. The van der Waals surface area contributed by atoms with Crippen molar-refractivity contribution in [2.75, 3.05) is 84.5 Å². The third-order valence-corrected chi connectivity index (χ3v) is 12.5. The molecule has 0 spiro atoms. The minimum absolute atomic E-state index is 0.0754. The van der Waals surface area contributed by atoms with Crippen LogP contribution in [0, 0.1) is 17.2 Å². The zero-order valence-corrected chi connectivity index (χ0v) is 38.1. The summed E-state index contributed by atoms with van der Waals surface area (Å²) in [5.41, 5.74) is 0.980. The van der Waals surface area contributed by atoms with E-state index >= 15 is 4.39 Å². The summed E-state index contributed by atoms with van der Waals surface area (Å²) in [4.78, 5) is 77.8. The van der Waals surface area contributed by atoms with Gasteiger partial charge in [0.15, 0.2) is 5.69 Å². The summed E-state index contributed by atoms with van der Waals surface area (Å²) in [6.45, 7) is 3.80. The molecule has 5 N–H and O–H groups in total. The minimum Gasteiger partial charge on any atom is -0.495 e. The lowest BCUT2D eigenvalue weighted by atomic mass is 10.0. The van der Waals surface area contributed by atoms with Crippen LogP contribution in [-0.2, 0) is 19.2 Å². The van der Waals surface area contributed by atoms with Crippen LogP contribution in [0.5, 0.6) is 17.2 Å². The normalized spacial score (nSPS) is 16.5. The Balaban J connectivity index is 0.740. The van der Waals surface area contributed by atoms with E-state index in [1.807, 2.05) is 4.90 Å². The second-order valence-electron chi connectivity index (χ2n) is 17.1. The number of fused-ring (bicyclic) bond motifs is 1. The van der Waals surface area contributed by atoms with Gasteiger partial charge in [0.2, 0.25) is 29.6 Å². The number of imide groups is 1. The fraction of sp³-hybridized carbons (Fsp3) is 0.286. The highest BCUT2D eigenvalue weighted by molar-refractivity contribution is 6.17. The second-order valence-corrected chi connectivity index (χ2v) is 17.1. The molecule has 5 amide bonds. The van der Waals surface area contributed by atoms with E-state index in [0.29, 0.717) is 121 Å². The van der Waals surface area contributed by atoms with Gasteiger partial charge in [-0.25, -0.2) is 9.37 Å². The Hall–Kier alpha value is -8.33. The maximum atomic E-state index is 15.2. The number of nitrogens with zero attached hydrogens (tertiary/aromatic N) is 7. The summed E-state index contributed by atoms with van der Waals surface area (Å²) in [6, 6.07) is 23.1. The Kier molecular flexibility index (Phi) is 13.4. The molecule has 1 saturated carbocycles. The minimum atomic E-state index is -1.21. The Bertz CT molecular complexity index is 2950. The highest BCUT2D eigenvalue weighted by Gasteiger charge is 2.56. The van der Waals surface area contributed by atoms with E-state index in [4.69, 9.17) is 9.47 Å². The highest BCUT2D eigenvalue weighted by Crippen LogP contribution is 2.47. The molecule has 1 atom stereocenters. The van der Waals surface area contributed by atoms with Crippen LogP contribution in [-0.4, -0.2) is 114 Å². The maximum absolute atomic E-state index is 15.2. The number of methoxy groups -OCH3 is 1. The molecule has 21 heteroatoms. The highest BCUT2D eigenvalue weighted by atomic mass is 19.1. The number of halogens is 2. The van der Waals surface area contributed by atoms with Crippen LogP contribution < -0.4 is 45.9 Å². The predicted octanol–water partition coefficient (Wildman–Crippen LogP) is 5.58. The Morgan fingerprint density at radius 3 is 2.20 bits per heavy atom. The number of hydrogen-bond acceptors (Lipinski definition) is 15. The molecule has 360 valence electrons. The number of hydrogen-bond donors (Lipinski definition) is 5. The number of benzene rings is 3. The standard InChI is InChI=1S/C49H48F2N12O7/c1-61(38-13-16-43(64)58-46(38)66)42-15-12-37(44(51)57-42)63-25-23-62(24-26-63)22-21-53-41-14-11-34(59-60-41)45(65)56-36-28-35-33(27-40(36)69-2)39(17-20-52-35)70-32-9-7-31(8-10-32)55-48(68)49(18-19-49)47(67)54-30-5-3-29(50)4-6-30/h3-12,14-15,17,20,27-28,38H,13,16,18-19,21-26H2,1-2H3,(H,53,60)(H,54,67)(H,55,68)(H,56,65)(H,58,64,66). The summed E-state index contributed by atoms with van der Waals surface area (Å²) in [5.74, 6) is -1.13. The summed E-state index contributed by atoms with van der Waals surface area (Å²) < 4.78 is 40.4. The van der Waals surface area contributed by atoms with Crippen molar-refractivity contribution in [1.29, 1.82) is 0 Å². The molecule has 0 bridgehead atoms. The van der Waals surface area contributed by atoms with Crippen LogP contribution in [0.4, 0.5) is 43.2 Å². The molecule has 3 fully saturated rings. The van der Waals surface area contributed by atoms with E-state index in [0.717, 1.165) is 0 Å². The van der Waals surface area contributed by atoms with Gasteiger partial charge in [-0.15, -0.1) is 10.2 Å². The first kappa shape index (κ1) is 46.8. The number of likely N-dealkylation sites (N-methyl/N-ethyl adjacent to an activating group) is 1. The van der Waals surface area contributed by atoms with Crippen LogP contribution >= 0.6 is 0 Å². The Morgan fingerprint density at radius 2 is 1.56 bits per heavy atom. The lowest BCUT2D eigenvalue weighted by molar-refractivity contribution is -0.134. The monoisotopic (exact) mass is 954 g/mol. The zero-order chi connectivity index (χ0) is 48.9. The van der Waals surface area contributed by atoms with Gasteiger partial charge in [0.05, 0.1) is 24.0 Å². The van der Waals surface area contributed by atoms with Crippen molar-refractivity contribution >= 4 is 74.8 Å². The molecular weight excluding hydrogens is 907 g/mol. The smallest absolute Gasteiger partial charge is 0.276 e. The van der Waals surface area contributed by atoms with E-state index in [-0.39, 0.29) is 18.0 Å². The van der Waals surface area contributed by atoms with E-state index in [2.05, 4.69) is 51.6 Å². The largest absolute Gasteiger partial charge is 0.495 e. The van der Waals surface area contributed by atoms with Gasteiger partial charge in [-0.05, 0) is 110 Å². The predicted molar refractivity (Wildman–Crippen MR) is 256 cm³/mol. The molecule has 1 unspecified atom stereocenters. The van der Waals surface area contributed by atoms with Gasteiger partial charge in [0, 0.05) is 75.7 Å². The molecule has 0 radical (unpaired) electrons. The molecular formula is C49H48F2N12O7. The van der Waals surface area contributed by atoms with Gasteiger partial charge in [0.1, 0.15) is 46.2 Å². The lowest BCUT2D eigenvalue weighted by Crippen LogP contribution is -2.51. The Labute approximate surface area is 399 Å². The number of carbonyl (C=O) groups excluding carboxylic acids is 5. The first-order valence-electron chi connectivity index (χ1n) is 22.6. The van der Waals surface area contributed by atoms with E-state index < -0.39 is 46.9 Å². The molecule has 2 aliphatic heterocycles. The Morgan fingerprint density at radius 1 is 0.843 bits per heavy atom. The third-order valence-electron chi connectivity index (χ3n) is 12.5. The van der Waals surface area contributed by atoms with E-state index in [1.165, 1.54) is 31.4 Å². The first-order valence-corrected chi connectivity index (χ1v) is 22.6. The summed E-state index contributed by atoms with van der Waals surface area (Å²) >= 11 is 0. The van der Waals surface area contributed by atoms with Gasteiger partial charge in [-0.1, -0.05) is 0 Å². The third kappa shape index (κ3) is 10.4. The number of nitrogens with one attached hydrogen (secondary N) is 5. The van der Waals surface area contributed by atoms with Gasteiger partial charge in [-0.3, -0.25) is 39.2 Å². The van der Waals surface area contributed by atoms with Crippen LogP contribution in [0.15, 0.2) is 97.2 Å². The topological polar surface area (TPSA) is 225 Å². The van der Waals surface area contributed by atoms with Crippen molar-refractivity contribution in [3.63, 3.8) is 0 Å². The number of carbonyl (C=O) groups is 5. The van der Waals surface area contributed by atoms with Crippen molar-refractivity contribution in [2.45, 2.75) is 31.7 Å². The lowest BCUT2D eigenvalue weighted by Gasteiger charge is -2.36. The molecule has 6 aromatic rings. The number of piperidine rings is 1. The van der Waals surface area contributed by atoms with Crippen molar-refractivity contribution in [3.05, 3.63) is 115 Å². The molecule has 3 aromatic carbocycles. The van der Waals surface area contributed by atoms with Crippen LogP contribution in [0.1, 0.15) is 36.2 Å². The average Bonchev–Trinajstić information content (AvgIpc) is 4.18. The van der Waals surface area contributed by atoms with Crippen molar-refractivity contribution in [3.8, 4) is 17.2 Å². The van der Waals surface area contributed by atoms with Crippen molar-refractivity contribution < 1.29 is 42.2 Å². The quantitative estimate of drug-likeness (QED) is 0.0454. The number of pyridine rings is 2. The molecule has 9 rings (SSSR count). The number of amides is 5. The van der Waals surface area contributed by atoms with Gasteiger partial charge in [0.25, 0.3) is 5.91 Å². The SMILES string of the molecule is COc1cc2c(Oc3ccc(NC(=O)C4(C(=O)Nc5ccc(F)cc5)CC4)cc3)ccnc2cc1NC(=O)c1ccc(NCCN2CCN(c3ccc(N(C)C4CCC(=O)NC4=O)nc3F)CC2)nn1. The summed E-state index contributed by atoms with van der Waals surface area (Å²) in [6.07, 6.45) is 2.90. The van der Waals surface area contributed by atoms with E-state index in [9.17, 15) is 28.4 Å². The molecule has 3 aromatic heterocycles. The number of aromatic nitrogens is 4. The van der Waals surface area contributed by atoms with Crippen molar-refractivity contribution in [1.82, 2.24) is 30.4 Å². The van der Waals surface area contributed by atoms with Crippen molar-refractivity contribution in [2.24, 2.45) is 5.41 Å². The number of ether oxygens (including phenoxy) is 2. The number of anilines is 6. The number of rotatable bonds is 16. The number of piperazine rings is 1. The zero-order valence-electron chi connectivity index (χ0n) is 38.1. The van der Waals surface area contributed by atoms with Gasteiger partial charge >= 0.3 is 0 Å². The van der Waals surface area contributed by atoms with E-state index in [1.54, 1.807) is 84.9 Å². The summed E-state index contributed by atoms with van der Waals surface area (Å²) in [5, 5.41) is 22.8. The van der Waals surface area contributed by atoms with Gasteiger partial charge < -0.3 is 40.5 Å². The molecule has 19 nitrogen and oxygen atoms in total. The fourth-order valence-electron chi connectivity index (χ4n) is 8.30. The molecule has 5 heterocycles. The van der Waals surface area contributed by atoms with Crippen LogP contribution in [0.2, 0.25) is 0 Å². The van der Waals surface area contributed by atoms with Crippen LogP contribution in [0.3, 0.4) is 0 Å². The van der Waals surface area contributed by atoms with Gasteiger partial charge in [-0.2, -0.15) is 4.39 Å². The maximum Gasteiger partial charge on any atom is 0.276 e. The first-order chi connectivity index (χ1) is 33.8. The molecule has 2 saturated heterocycles.